The molecule has 0 aliphatic carbocycles. The number of carbonyl (C=O) groups is 1. The van der Waals surface area contributed by atoms with Gasteiger partial charge in [0.25, 0.3) is 0 Å². The van der Waals surface area contributed by atoms with Gasteiger partial charge in [0.15, 0.2) is 0 Å². The second-order valence-electron chi connectivity index (χ2n) is 3.39. The largest absolute Gasteiger partial charge is 0.396 e. The lowest BCUT2D eigenvalue weighted by Gasteiger charge is -1.92. The molecule has 0 heterocycles. The Morgan fingerprint density at radius 1 is 0.889 bits per heavy atom. The summed E-state index contributed by atoms with van der Waals surface area (Å²) in [6, 6.07) is 0. The van der Waals surface area contributed by atoms with Crippen LogP contribution >= 0.6 is 0 Å². The fourth-order valence-electron chi connectivity index (χ4n) is 1.07. The predicted octanol–water partition coefficient (Wildman–Crippen LogP) is 2.41. The highest BCUT2D eigenvalue weighted by Crippen LogP contribution is 1.99. The normalized spacial score (nSPS) is 10.3. The molecule has 0 aliphatic rings. The molecule has 0 bridgehead atoms. The van der Waals surface area contributed by atoms with Gasteiger partial charge in [-0.1, -0.05) is 36.5 Å². The van der Waals surface area contributed by atoms with Crippen LogP contribution < -0.4 is 0 Å². The highest BCUT2D eigenvalue weighted by Gasteiger charge is 1.83. The number of aldehydes is 1. The number of aliphatic hydroxyl groups is 1. The van der Waals surface area contributed by atoms with Gasteiger partial charge in [0.05, 0.1) is 0 Å². The molecule has 0 radical (unpaired) electrons. The second-order valence-corrected chi connectivity index (χ2v) is 3.39. The van der Waals surface area contributed by atoms with Crippen molar-refractivity contribution < 1.29 is 9.90 Å². The molecule has 0 unspecified atom stereocenters. The van der Waals surface area contributed by atoms with Crippen LogP contribution in [0.4, 0.5) is 0 Å². The number of allylic oxidation sites excluding steroid dienone is 6. The molecular formula is C16H18O2. The summed E-state index contributed by atoms with van der Waals surface area (Å²) in [7, 11) is 0. The van der Waals surface area contributed by atoms with E-state index in [-0.39, 0.29) is 6.61 Å². The van der Waals surface area contributed by atoms with Gasteiger partial charge in [-0.3, -0.25) is 4.79 Å². The van der Waals surface area contributed by atoms with Gasteiger partial charge in [0, 0.05) is 6.61 Å². The average Bonchev–Trinajstić information content (AvgIpc) is 2.39. The zero-order valence-corrected chi connectivity index (χ0v) is 10.4. The molecule has 0 aromatic heterocycles. The van der Waals surface area contributed by atoms with E-state index in [0.29, 0.717) is 6.29 Å². The zero-order chi connectivity index (χ0) is 13.3. The first-order valence-electron chi connectivity index (χ1n) is 5.95. The van der Waals surface area contributed by atoms with Crippen LogP contribution in [0, 0.1) is 23.7 Å². The molecule has 0 amide bonds. The van der Waals surface area contributed by atoms with E-state index in [2.05, 4.69) is 29.8 Å². The first-order chi connectivity index (χ1) is 8.91. The van der Waals surface area contributed by atoms with E-state index in [0.717, 1.165) is 25.7 Å². The summed E-state index contributed by atoms with van der Waals surface area (Å²) in [5.74, 6) is 10.6. The Morgan fingerprint density at radius 3 is 2.28 bits per heavy atom. The maximum atomic E-state index is 9.90. The van der Waals surface area contributed by atoms with Crippen molar-refractivity contribution in [2.45, 2.75) is 25.7 Å². The van der Waals surface area contributed by atoms with E-state index in [4.69, 9.17) is 5.11 Å². The SMILES string of the molecule is O=CC=CC#CC#CC=CC=CCCCCCO. The third-order valence-electron chi connectivity index (χ3n) is 1.92. The molecule has 2 nitrogen and oxygen atoms in total. The molecule has 0 saturated heterocycles. The van der Waals surface area contributed by atoms with Gasteiger partial charge in [-0.25, -0.2) is 0 Å². The summed E-state index contributed by atoms with van der Waals surface area (Å²) in [4.78, 5) is 9.90. The molecule has 0 aromatic carbocycles. The van der Waals surface area contributed by atoms with E-state index in [1.807, 2.05) is 12.2 Å². The lowest BCUT2D eigenvalue weighted by Crippen LogP contribution is -1.81. The molecule has 1 N–H and O–H groups in total. The standard InChI is InChI=1S/C16H18O2/c17-15-13-11-9-7-5-3-1-2-4-6-8-10-12-14-16-18/h1-3,5,12,14,16-17H,7,9,11,13,15H2. The van der Waals surface area contributed by atoms with E-state index in [1.165, 1.54) is 12.2 Å². The minimum Gasteiger partial charge on any atom is -0.396 e. The van der Waals surface area contributed by atoms with E-state index in [9.17, 15) is 4.79 Å². The van der Waals surface area contributed by atoms with Gasteiger partial charge >= 0.3 is 0 Å². The third-order valence-corrected chi connectivity index (χ3v) is 1.92. The Kier molecular flexibility index (Phi) is 13.3. The van der Waals surface area contributed by atoms with E-state index in [1.54, 1.807) is 6.08 Å². The van der Waals surface area contributed by atoms with Crippen LogP contribution in [0.2, 0.25) is 0 Å². The van der Waals surface area contributed by atoms with Crippen molar-refractivity contribution in [3.05, 3.63) is 36.5 Å². The number of carbonyl (C=O) groups excluding carboxylic acids is 1. The Balaban J connectivity index is 3.66. The topological polar surface area (TPSA) is 37.3 Å². The summed E-state index contributed by atoms with van der Waals surface area (Å²) >= 11 is 0. The maximum absolute atomic E-state index is 9.90. The van der Waals surface area contributed by atoms with Crippen LogP contribution in [-0.4, -0.2) is 18.0 Å². The summed E-state index contributed by atoms with van der Waals surface area (Å²) in [6.07, 6.45) is 15.1. The third kappa shape index (κ3) is 14.0. The smallest absolute Gasteiger partial charge is 0.143 e. The lowest BCUT2D eigenvalue weighted by atomic mass is 10.2. The quantitative estimate of drug-likeness (QED) is 0.245. The van der Waals surface area contributed by atoms with Crippen LogP contribution in [0.5, 0.6) is 0 Å². The predicted molar refractivity (Wildman–Crippen MR) is 74.6 cm³/mol. The average molecular weight is 242 g/mol. The van der Waals surface area contributed by atoms with Crippen molar-refractivity contribution >= 4 is 6.29 Å². The van der Waals surface area contributed by atoms with Gasteiger partial charge in [0.2, 0.25) is 0 Å². The van der Waals surface area contributed by atoms with Crippen molar-refractivity contribution in [2.75, 3.05) is 6.61 Å². The highest BCUT2D eigenvalue weighted by molar-refractivity contribution is 5.65. The van der Waals surface area contributed by atoms with Gasteiger partial charge in [-0.2, -0.15) is 0 Å². The van der Waals surface area contributed by atoms with Crippen molar-refractivity contribution in [1.29, 1.82) is 0 Å². The Labute approximate surface area is 109 Å². The van der Waals surface area contributed by atoms with Crippen LogP contribution in [0.1, 0.15) is 25.7 Å². The van der Waals surface area contributed by atoms with Crippen molar-refractivity contribution in [2.24, 2.45) is 0 Å². The summed E-state index contributed by atoms with van der Waals surface area (Å²) in [5.41, 5.74) is 0. The molecule has 0 aromatic rings. The Morgan fingerprint density at radius 2 is 1.61 bits per heavy atom. The summed E-state index contributed by atoms with van der Waals surface area (Å²) in [5, 5.41) is 8.58. The van der Waals surface area contributed by atoms with Gasteiger partial charge in [-0.05, 0) is 49.3 Å². The molecule has 94 valence electrons. The highest BCUT2D eigenvalue weighted by atomic mass is 16.2. The maximum Gasteiger partial charge on any atom is 0.143 e. The molecule has 18 heavy (non-hydrogen) atoms. The minimum atomic E-state index is 0.280. The molecule has 0 saturated carbocycles. The molecular weight excluding hydrogens is 224 g/mol. The van der Waals surface area contributed by atoms with Crippen LogP contribution in [0.3, 0.4) is 0 Å². The van der Waals surface area contributed by atoms with E-state index >= 15 is 0 Å². The molecule has 0 spiro atoms. The molecule has 2 heteroatoms. The number of rotatable bonds is 7. The Bertz CT molecular complexity index is 406. The van der Waals surface area contributed by atoms with Crippen molar-refractivity contribution in [3.63, 3.8) is 0 Å². The molecule has 0 atom stereocenters. The van der Waals surface area contributed by atoms with Gasteiger partial charge in [0.1, 0.15) is 6.29 Å². The van der Waals surface area contributed by atoms with Crippen molar-refractivity contribution in [3.8, 4) is 23.7 Å². The monoisotopic (exact) mass is 242 g/mol. The number of hydrogen-bond acceptors (Lipinski definition) is 2. The minimum absolute atomic E-state index is 0.280. The van der Waals surface area contributed by atoms with Gasteiger partial charge in [-0.15, -0.1) is 0 Å². The summed E-state index contributed by atoms with van der Waals surface area (Å²) < 4.78 is 0. The fraction of sp³-hybridized carbons (Fsp3) is 0.312. The first-order valence-corrected chi connectivity index (χ1v) is 5.95. The van der Waals surface area contributed by atoms with Crippen LogP contribution in [0.15, 0.2) is 36.5 Å². The van der Waals surface area contributed by atoms with Gasteiger partial charge < -0.3 is 5.11 Å². The molecule has 0 rings (SSSR count). The second kappa shape index (κ2) is 15.0. The number of aliphatic hydroxyl groups excluding tert-OH is 1. The number of hydrogen-bond donors (Lipinski definition) is 1. The Hall–Kier alpha value is -2.03. The summed E-state index contributed by atoms with van der Waals surface area (Å²) in [6.45, 7) is 0.280. The number of unbranched alkanes of at least 4 members (excludes halogenated alkanes) is 3. The van der Waals surface area contributed by atoms with Crippen molar-refractivity contribution in [1.82, 2.24) is 0 Å². The van der Waals surface area contributed by atoms with Crippen LogP contribution in [-0.2, 0) is 4.79 Å². The molecule has 0 aliphatic heterocycles. The van der Waals surface area contributed by atoms with Crippen LogP contribution in [0.25, 0.3) is 0 Å². The lowest BCUT2D eigenvalue weighted by molar-refractivity contribution is -0.104. The fourth-order valence-corrected chi connectivity index (χ4v) is 1.07. The first kappa shape index (κ1) is 16.0. The molecule has 0 fully saturated rings. The zero-order valence-electron chi connectivity index (χ0n) is 10.4. The van der Waals surface area contributed by atoms with E-state index < -0.39 is 0 Å².